The molecule has 13 heavy (non-hydrogen) atoms. The van der Waals surface area contributed by atoms with Gasteiger partial charge in [-0.25, -0.2) is 4.79 Å². The van der Waals surface area contributed by atoms with Gasteiger partial charge in [-0.2, -0.15) is 0 Å². The van der Waals surface area contributed by atoms with Crippen molar-refractivity contribution < 1.29 is 4.79 Å². The van der Waals surface area contributed by atoms with Gasteiger partial charge in [0.1, 0.15) is 0 Å². The first-order valence-corrected chi connectivity index (χ1v) is 5.79. The Balaban J connectivity index is 3.86. The van der Waals surface area contributed by atoms with Crippen molar-refractivity contribution >= 4 is 27.3 Å². The van der Waals surface area contributed by atoms with Crippen molar-refractivity contribution in [3.63, 3.8) is 0 Å². The SMILES string of the molecule is CCN(CC)C(=O)N[Si]C(C)(C)Cl. The van der Waals surface area contributed by atoms with Crippen LogP contribution >= 0.6 is 11.6 Å². The molecule has 0 aromatic carbocycles. The van der Waals surface area contributed by atoms with Crippen LogP contribution in [-0.2, 0) is 0 Å². The highest BCUT2D eigenvalue weighted by atomic mass is 35.5. The lowest BCUT2D eigenvalue weighted by Crippen LogP contribution is -2.46. The molecule has 0 bridgehead atoms. The summed E-state index contributed by atoms with van der Waals surface area (Å²) >= 11 is 5.95. The molecule has 0 spiro atoms. The number of nitrogens with one attached hydrogen (secondary N) is 1. The minimum Gasteiger partial charge on any atom is -0.363 e. The van der Waals surface area contributed by atoms with E-state index in [0.717, 1.165) is 13.1 Å². The highest BCUT2D eigenvalue weighted by molar-refractivity contribution is 6.56. The zero-order valence-electron chi connectivity index (χ0n) is 8.65. The Labute approximate surface area is 87.7 Å². The van der Waals surface area contributed by atoms with E-state index >= 15 is 0 Å². The van der Waals surface area contributed by atoms with Gasteiger partial charge in [-0.3, -0.25) is 0 Å². The molecular weight excluding hydrogens is 204 g/mol. The summed E-state index contributed by atoms with van der Waals surface area (Å²) in [6.07, 6.45) is 0. The average Bonchev–Trinajstić information content (AvgIpc) is 2.02. The molecule has 0 aliphatic heterocycles. The molecule has 5 heteroatoms. The number of rotatable bonds is 4. The summed E-state index contributed by atoms with van der Waals surface area (Å²) in [4.78, 5) is 16.0. The molecule has 3 nitrogen and oxygen atoms in total. The van der Waals surface area contributed by atoms with Gasteiger partial charge in [-0.15, -0.1) is 11.6 Å². The monoisotopic (exact) mass is 220 g/mol. The third-order valence-electron chi connectivity index (χ3n) is 1.52. The molecule has 1 N–H and O–H groups in total. The molecule has 2 amide bonds. The summed E-state index contributed by atoms with van der Waals surface area (Å²) in [5.41, 5.74) is 0. The highest BCUT2D eigenvalue weighted by Gasteiger charge is 2.18. The Morgan fingerprint density at radius 2 is 1.92 bits per heavy atom. The average molecular weight is 221 g/mol. The van der Waals surface area contributed by atoms with Crippen LogP contribution < -0.4 is 4.98 Å². The molecular formula is C8H17ClN2OSi. The molecule has 0 saturated carbocycles. The number of carbonyl (C=O) groups is 1. The summed E-state index contributed by atoms with van der Waals surface area (Å²) in [5, 5.41) is 0. The molecule has 0 aliphatic rings. The molecule has 0 heterocycles. The van der Waals surface area contributed by atoms with Crippen LogP contribution in [0.2, 0.25) is 0 Å². The first-order chi connectivity index (χ1) is 5.90. The Bertz CT molecular complexity index is 166. The molecule has 0 rings (SSSR count). The van der Waals surface area contributed by atoms with Crippen molar-refractivity contribution in [1.29, 1.82) is 0 Å². The highest BCUT2D eigenvalue weighted by Crippen LogP contribution is 2.08. The fraction of sp³-hybridized carbons (Fsp3) is 0.875. The largest absolute Gasteiger partial charge is 0.363 e. The number of urea groups is 1. The normalized spacial score (nSPS) is 11.2. The van der Waals surface area contributed by atoms with Crippen LogP contribution in [0, 0.1) is 0 Å². The molecule has 0 aromatic heterocycles. The second-order valence-corrected chi connectivity index (χ2v) is 6.21. The van der Waals surface area contributed by atoms with Gasteiger partial charge in [-0.1, -0.05) is 0 Å². The Kier molecular flexibility index (Phi) is 5.40. The van der Waals surface area contributed by atoms with Gasteiger partial charge in [0.25, 0.3) is 0 Å². The number of hydrogen-bond donors (Lipinski definition) is 1. The van der Waals surface area contributed by atoms with E-state index in [1.165, 1.54) is 0 Å². The van der Waals surface area contributed by atoms with Crippen LogP contribution in [0.3, 0.4) is 0 Å². The van der Waals surface area contributed by atoms with Crippen LogP contribution in [0.1, 0.15) is 27.7 Å². The van der Waals surface area contributed by atoms with Crippen LogP contribution in [0.5, 0.6) is 0 Å². The van der Waals surface area contributed by atoms with E-state index in [1.807, 2.05) is 27.7 Å². The van der Waals surface area contributed by atoms with E-state index < -0.39 is 0 Å². The van der Waals surface area contributed by atoms with Crippen LogP contribution in [0.25, 0.3) is 0 Å². The second-order valence-electron chi connectivity index (χ2n) is 3.20. The Hall–Kier alpha value is -0.223. The summed E-state index contributed by atoms with van der Waals surface area (Å²) in [6, 6.07) is -0.0305. The molecule has 0 aliphatic carbocycles. The van der Waals surface area contributed by atoms with Crippen molar-refractivity contribution in [2.75, 3.05) is 13.1 Å². The van der Waals surface area contributed by atoms with Gasteiger partial charge < -0.3 is 9.88 Å². The first-order valence-electron chi connectivity index (χ1n) is 4.41. The third-order valence-corrected chi connectivity index (χ3v) is 2.73. The summed E-state index contributed by atoms with van der Waals surface area (Å²) < 4.78 is -0.344. The quantitative estimate of drug-likeness (QED) is 0.567. The standard InChI is InChI=1S/C8H17ClN2OSi/c1-5-11(6-2)7(12)10-13-8(3,4)9/h5-6H2,1-4H3,(H,10,12). The van der Waals surface area contributed by atoms with E-state index in [0.29, 0.717) is 0 Å². The van der Waals surface area contributed by atoms with Crippen molar-refractivity contribution in [2.45, 2.75) is 32.2 Å². The van der Waals surface area contributed by atoms with Crippen LogP contribution in [0.15, 0.2) is 0 Å². The third kappa shape index (κ3) is 5.93. The van der Waals surface area contributed by atoms with Gasteiger partial charge in [0.15, 0.2) is 0 Å². The molecule has 0 saturated heterocycles. The smallest absolute Gasteiger partial charge is 0.309 e. The van der Waals surface area contributed by atoms with E-state index in [4.69, 9.17) is 11.6 Å². The topological polar surface area (TPSA) is 32.3 Å². The lowest BCUT2D eigenvalue weighted by molar-refractivity contribution is 0.209. The minimum absolute atomic E-state index is 0.0305. The first kappa shape index (κ1) is 12.8. The van der Waals surface area contributed by atoms with Crippen molar-refractivity contribution in [2.24, 2.45) is 0 Å². The fourth-order valence-corrected chi connectivity index (χ4v) is 1.50. The van der Waals surface area contributed by atoms with Gasteiger partial charge in [0, 0.05) is 13.1 Å². The predicted octanol–water partition coefficient (Wildman–Crippen LogP) is 1.63. The summed E-state index contributed by atoms with van der Waals surface area (Å²) in [5.74, 6) is 0. The Morgan fingerprint density at radius 1 is 1.46 bits per heavy atom. The van der Waals surface area contributed by atoms with Gasteiger partial charge in [-0.05, 0) is 27.7 Å². The summed E-state index contributed by atoms with van der Waals surface area (Å²) in [6.45, 7) is 9.14. The second kappa shape index (κ2) is 5.50. The van der Waals surface area contributed by atoms with Crippen molar-refractivity contribution in [3.05, 3.63) is 0 Å². The molecule has 0 aromatic rings. The minimum atomic E-state index is -0.344. The maximum atomic E-state index is 11.4. The number of amides is 2. The molecule has 0 unspecified atom stereocenters. The number of alkyl halides is 1. The lowest BCUT2D eigenvalue weighted by Gasteiger charge is -2.21. The molecule has 0 fully saturated rings. The zero-order valence-corrected chi connectivity index (χ0v) is 10.4. The predicted molar refractivity (Wildman–Crippen MR) is 57.1 cm³/mol. The molecule has 76 valence electrons. The number of carbonyl (C=O) groups excluding carboxylic acids is 1. The van der Waals surface area contributed by atoms with Crippen LogP contribution in [-0.4, -0.2) is 38.2 Å². The van der Waals surface area contributed by atoms with E-state index in [1.54, 1.807) is 4.90 Å². The van der Waals surface area contributed by atoms with Gasteiger partial charge >= 0.3 is 6.03 Å². The fourth-order valence-electron chi connectivity index (χ4n) is 0.792. The van der Waals surface area contributed by atoms with Gasteiger partial charge in [0.2, 0.25) is 9.68 Å². The van der Waals surface area contributed by atoms with E-state index in [-0.39, 0.29) is 20.2 Å². The molecule has 0 atom stereocenters. The number of nitrogens with zero attached hydrogens (tertiary/aromatic N) is 1. The number of hydrogen-bond acceptors (Lipinski definition) is 1. The van der Waals surface area contributed by atoms with Crippen molar-refractivity contribution in [3.8, 4) is 0 Å². The summed E-state index contributed by atoms with van der Waals surface area (Å²) in [7, 11) is 0.245. The van der Waals surface area contributed by atoms with E-state index in [9.17, 15) is 4.79 Å². The maximum absolute atomic E-state index is 11.4. The van der Waals surface area contributed by atoms with Gasteiger partial charge in [0.05, 0.1) is 4.50 Å². The maximum Gasteiger partial charge on any atom is 0.309 e. The van der Waals surface area contributed by atoms with E-state index in [2.05, 4.69) is 4.98 Å². The Morgan fingerprint density at radius 3 is 2.23 bits per heavy atom. The van der Waals surface area contributed by atoms with Crippen LogP contribution in [0.4, 0.5) is 4.79 Å². The van der Waals surface area contributed by atoms with Crippen molar-refractivity contribution in [1.82, 2.24) is 9.88 Å². The zero-order chi connectivity index (χ0) is 10.5. The molecule has 2 radical (unpaired) electrons. The number of halogens is 1. The lowest BCUT2D eigenvalue weighted by atomic mass is 10.5.